The van der Waals surface area contributed by atoms with Gasteiger partial charge in [0.25, 0.3) is 0 Å². The summed E-state index contributed by atoms with van der Waals surface area (Å²) in [6.07, 6.45) is 8.06. The van der Waals surface area contributed by atoms with Gasteiger partial charge in [-0.25, -0.2) is 9.50 Å². The third-order valence-corrected chi connectivity index (χ3v) is 7.21. The lowest BCUT2D eigenvalue weighted by Gasteiger charge is -2.22. The molecule has 39 heavy (non-hydrogen) atoms. The van der Waals surface area contributed by atoms with Crippen LogP contribution >= 0.6 is 0 Å². The van der Waals surface area contributed by atoms with Gasteiger partial charge in [0.05, 0.1) is 6.20 Å². The summed E-state index contributed by atoms with van der Waals surface area (Å²) in [5.41, 5.74) is 9.66. The molecule has 1 amide bonds. The van der Waals surface area contributed by atoms with E-state index in [2.05, 4.69) is 40.8 Å². The lowest BCUT2D eigenvalue weighted by atomic mass is 9.96. The Morgan fingerprint density at radius 2 is 2.00 bits per heavy atom. The number of aromatic nitrogens is 4. The van der Waals surface area contributed by atoms with Crippen LogP contribution in [0.25, 0.3) is 5.65 Å². The first-order valence-corrected chi connectivity index (χ1v) is 13.6. The molecule has 2 fully saturated rings. The molecule has 4 heterocycles. The minimum absolute atomic E-state index is 0.0552. The van der Waals surface area contributed by atoms with Gasteiger partial charge in [-0.3, -0.25) is 9.59 Å². The standard InChI is InChI=1S/C16H20N2O2.C13H19N5O/c1-2-16(20)18-7-6-14(11-18)15(19)9-12-4-3-5-13(8-12)10-17;1-9(2)11-7-15-18-8-14-13(17-12(11)18)16-10-3-5-19-6-4-10/h2-5,8,14H,1,6-7,9-11,17H2;7-10H,3-6H2,1-2H3,(H,16,17). The van der Waals surface area contributed by atoms with Crippen molar-refractivity contribution in [2.24, 2.45) is 11.7 Å². The molecular weight excluding hydrogens is 494 g/mol. The van der Waals surface area contributed by atoms with Crippen LogP contribution in [-0.2, 0) is 27.3 Å². The van der Waals surface area contributed by atoms with Crippen molar-refractivity contribution in [3.8, 4) is 0 Å². The molecular formula is C29H39N7O3. The molecule has 5 rings (SSSR count). The topological polar surface area (TPSA) is 128 Å². The van der Waals surface area contributed by atoms with Crippen LogP contribution in [0.1, 0.15) is 55.7 Å². The molecule has 2 saturated heterocycles. The number of nitrogens with zero attached hydrogens (tertiary/aromatic N) is 5. The van der Waals surface area contributed by atoms with E-state index in [1.165, 1.54) is 6.08 Å². The van der Waals surface area contributed by atoms with E-state index in [4.69, 9.17) is 10.5 Å². The summed E-state index contributed by atoms with van der Waals surface area (Å²) in [5, 5.41) is 7.66. The summed E-state index contributed by atoms with van der Waals surface area (Å²) in [6.45, 7) is 11.0. The molecule has 0 saturated carbocycles. The van der Waals surface area contributed by atoms with E-state index < -0.39 is 0 Å². The van der Waals surface area contributed by atoms with Crippen molar-refractivity contribution < 1.29 is 14.3 Å². The number of anilines is 1. The number of ketones is 1. The van der Waals surface area contributed by atoms with Gasteiger partial charge in [-0.05, 0) is 42.4 Å². The van der Waals surface area contributed by atoms with Crippen LogP contribution in [0.15, 0.2) is 49.4 Å². The maximum Gasteiger partial charge on any atom is 0.245 e. The van der Waals surface area contributed by atoms with Crippen LogP contribution in [0.4, 0.5) is 5.95 Å². The number of hydrogen-bond donors (Lipinski definition) is 2. The normalized spacial score (nSPS) is 17.6. The molecule has 0 radical (unpaired) electrons. The van der Waals surface area contributed by atoms with Gasteiger partial charge in [0, 0.05) is 56.8 Å². The second-order valence-electron chi connectivity index (χ2n) is 10.4. The minimum atomic E-state index is -0.0922. The zero-order valence-electron chi connectivity index (χ0n) is 22.9. The third kappa shape index (κ3) is 7.48. The number of amides is 1. The second-order valence-corrected chi connectivity index (χ2v) is 10.4. The Hall–Kier alpha value is -3.63. The fourth-order valence-corrected chi connectivity index (χ4v) is 4.87. The van der Waals surface area contributed by atoms with Crippen molar-refractivity contribution in [2.75, 3.05) is 31.6 Å². The average molecular weight is 534 g/mol. The van der Waals surface area contributed by atoms with Crippen molar-refractivity contribution in [3.63, 3.8) is 0 Å². The summed E-state index contributed by atoms with van der Waals surface area (Å²) in [4.78, 5) is 34.4. The van der Waals surface area contributed by atoms with Crippen LogP contribution in [0.5, 0.6) is 0 Å². The van der Waals surface area contributed by atoms with Gasteiger partial charge in [0.2, 0.25) is 11.9 Å². The maximum absolute atomic E-state index is 12.3. The molecule has 2 aliphatic heterocycles. The van der Waals surface area contributed by atoms with E-state index in [9.17, 15) is 9.59 Å². The maximum atomic E-state index is 12.3. The molecule has 2 aliphatic rings. The molecule has 0 spiro atoms. The molecule has 0 aliphatic carbocycles. The van der Waals surface area contributed by atoms with Crippen LogP contribution in [0, 0.1) is 5.92 Å². The Kier molecular flexibility index (Phi) is 9.78. The third-order valence-electron chi connectivity index (χ3n) is 7.21. The predicted octanol–water partition coefficient (Wildman–Crippen LogP) is 3.13. The summed E-state index contributed by atoms with van der Waals surface area (Å²) < 4.78 is 7.08. The number of rotatable bonds is 8. The molecule has 2 aromatic heterocycles. The molecule has 3 aromatic rings. The zero-order valence-corrected chi connectivity index (χ0v) is 22.9. The van der Waals surface area contributed by atoms with Gasteiger partial charge < -0.3 is 20.7 Å². The van der Waals surface area contributed by atoms with Crippen molar-refractivity contribution in [1.82, 2.24) is 24.5 Å². The Morgan fingerprint density at radius 1 is 1.23 bits per heavy atom. The van der Waals surface area contributed by atoms with E-state index in [0.717, 1.165) is 54.8 Å². The number of Topliss-reactive ketones (excluding diaryl/α,β-unsaturated/α-hetero) is 1. The molecule has 3 N–H and O–H groups in total. The number of hydrogen-bond acceptors (Lipinski definition) is 8. The highest BCUT2D eigenvalue weighted by Crippen LogP contribution is 2.21. The first kappa shape index (κ1) is 28.4. The highest BCUT2D eigenvalue weighted by Gasteiger charge is 2.29. The number of ether oxygens (including phenoxy) is 1. The van der Waals surface area contributed by atoms with Gasteiger partial charge in [-0.1, -0.05) is 44.7 Å². The van der Waals surface area contributed by atoms with E-state index in [-0.39, 0.29) is 17.6 Å². The van der Waals surface area contributed by atoms with Gasteiger partial charge >= 0.3 is 0 Å². The Morgan fingerprint density at radius 3 is 2.72 bits per heavy atom. The van der Waals surface area contributed by atoms with Crippen molar-refractivity contribution in [1.29, 1.82) is 0 Å². The van der Waals surface area contributed by atoms with Crippen molar-refractivity contribution >= 4 is 23.3 Å². The Labute approximate surface area is 229 Å². The van der Waals surface area contributed by atoms with Crippen LogP contribution < -0.4 is 11.1 Å². The number of likely N-dealkylation sites (tertiary alicyclic amines) is 1. The number of fused-ring (bicyclic) bond motifs is 1. The summed E-state index contributed by atoms with van der Waals surface area (Å²) in [7, 11) is 0. The van der Waals surface area contributed by atoms with Gasteiger partial charge in [0.1, 0.15) is 12.1 Å². The minimum Gasteiger partial charge on any atom is -0.381 e. The summed E-state index contributed by atoms with van der Waals surface area (Å²) in [5.74, 6) is 1.13. The Bertz CT molecular complexity index is 1280. The number of carbonyl (C=O) groups excluding carboxylic acids is 2. The van der Waals surface area contributed by atoms with Crippen LogP contribution in [-0.4, -0.2) is 68.5 Å². The lowest BCUT2D eigenvalue weighted by molar-refractivity contribution is -0.125. The number of nitrogens with one attached hydrogen (secondary N) is 1. The first-order valence-electron chi connectivity index (χ1n) is 13.6. The molecule has 10 heteroatoms. The SMILES string of the molecule is C=CC(=O)N1CCC(C(=O)Cc2cccc(CN)c2)C1.CC(C)c1cnn2cnc(NC3CCOCC3)nc12. The predicted molar refractivity (Wildman–Crippen MR) is 150 cm³/mol. The summed E-state index contributed by atoms with van der Waals surface area (Å²) >= 11 is 0. The van der Waals surface area contributed by atoms with Crippen LogP contribution in [0.3, 0.4) is 0 Å². The lowest BCUT2D eigenvalue weighted by Crippen LogP contribution is -2.28. The highest BCUT2D eigenvalue weighted by atomic mass is 16.5. The van der Waals surface area contributed by atoms with E-state index >= 15 is 0 Å². The molecule has 1 aromatic carbocycles. The molecule has 1 unspecified atom stereocenters. The quantitative estimate of drug-likeness (QED) is 0.423. The molecule has 208 valence electrons. The summed E-state index contributed by atoms with van der Waals surface area (Å²) in [6, 6.07) is 8.20. The van der Waals surface area contributed by atoms with E-state index in [1.54, 1.807) is 15.7 Å². The molecule has 10 nitrogen and oxygen atoms in total. The van der Waals surface area contributed by atoms with Crippen molar-refractivity contribution in [2.45, 2.75) is 58.0 Å². The fraction of sp³-hybridized carbons (Fsp3) is 0.483. The van der Waals surface area contributed by atoms with Crippen LogP contribution in [0.2, 0.25) is 0 Å². The van der Waals surface area contributed by atoms with E-state index in [1.807, 2.05) is 30.5 Å². The van der Waals surface area contributed by atoms with Gasteiger partial charge in [0.15, 0.2) is 5.65 Å². The Balaban J connectivity index is 0.000000181. The number of carbonyl (C=O) groups is 2. The van der Waals surface area contributed by atoms with Crippen molar-refractivity contribution in [3.05, 3.63) is 66.1 Å². The smallest absolute Gasteiger partial charge is 0.245 e. The van der Waals surface area contributed by atoms with E-state index in [0.29, 0.717) is 44.0 Å². The second kappa shape index (κ2) is 13.4. The highest BCUT2D eigenvalue weighted by molar-refractivity contribution is 5.89. The molecule has 1 atom stereocenters. The number of benzene rings is 1. The fourth-order valence-electron chi connectivity index (χ4n) is 4.87. The monoisotopic (exact) mass is 533 g/mol. The zero-order chi connectivity index (χ0) is 27.8. The first-order chi connectivity index (χ1) is 18.9. The molecule has 0 bridgehead atoms. The number of nitrogens with two attached hydrogens (primary N) is 1. The largest absolute Gasteiger partial charge is 0.381 e. The van der Waals surface area contributed by atoms with Gasteiger partial charge in [-0.2, -0.15) is 10.1 Å². The van der Waals surface area contributed by atoms with Gasteiger partial charge in [-0.15, -0.1) is 0 Å². The average Bonchev–Trinajstić information content (AvgIpc) is 3.62.